The maximum Gasteiger partial charge on any atom is 0.172 e. The summed E-state index contributed by atoms with van der Waals surface area (Å²) < 4.78 is 12.6. The molecule has 6 heteroatoms. The van der Waals surface area contributed by atoms with Gasteiger partial charge in [-0.2, -0.15) is 0 Å². The van der Waals surface area contributed by atoms with E-state index in [9.17, 15) is 0 Å². The van der Waals surface area contributed by atoms with Crippen LogP contribution in [0, 0.1) is 5.41 Å². The smallest absolute Gasteiger partial charge is 0.172 e. The first kappa shape index (κ1) is 20.6. The Morgan fingerprint density at radius 1 is 1.03 bits per heavy atom. The normalized spacial score (nSPS) is 27.1. The van der Waals surface area contributed by atoms with E-state index in [0.717, 1.165) is 62.3 Å². The maximum atomic E-state index is 6.43. The van der Waals surface area contributed by atoms with Gasteiger partial charge in [-0.05, 0) is 55.2 Å². The number of anilines is 2. The van der Waals surface area contributed by atoms with Crippen LogP contribution in [0.4, 0.5) is 11.6 Å². The fourth-order valence-electron chi connectivity index (χ4n) is 6.78. The maximum absolute atomic E-state index is 6.43. The fourth-order valence-corrected chi connectivity index (χ4v) is 6.78. The lowest BCUT2D eigenvalue weighted by Crippen LogP contribution is -2.39. The van der Waals surface area contributed by atoms with Gasteiger partial charge in [0.15, 0.2) is 23.1 Å². The van der Waals surface area contributed by atoms with Gasteiger partial charge in [0, 0.05) is 36.5 Å². The summed E-state index contributed by atoms with van der Waals surface area (Å²) in [7, 11) is 0. The van der Waals surface area contributed by atoms with Crippen molar-refractivity contribution in [3.05, 3.63) is 47.3 Å². The number of nitrogens with zero attached hydrogens (tertiary/aromatic N) is 4. The Morgan fingerprint density at radius 3 is 2.56 bits per heavy atom. The number of allylic oxidation sites excluding steroid dienone is 1. The first-order chi connectivity index (χ1) is 16.5. The van der Waals surface area contributed by atoms with Crippen molar-refractivity contribution in [1.29, 1.82) is 0 Å². The first-order valence-corrected chi connectivity index (χ1v) is 12.9. The number of ether oxygens (including phenoxy) is 2. The molecule has 0 radical (unpaired) electrons. The second kappa shape index (κ2) is 7.12. The zero-order valence-electron chi connectivity index (χ0n) is 20.5. The third-order valence-electron chi connectivity index (χ3n) is 8.76. The van der Waals surface area contributed by atoms with E-state index < -0.39 is 0 Å². The second-order valence-electron chi connectivity index (χ2n) is 11.6. The van der Waals surface area contributed by atoms with E-state index in [-0.39, 0.29) is 5.41 Å². The lowest BCUT2D eigenvalue weighted by Gasteiger charge is -2.35. The summed E-state index contributed by atoms with van der Waals surface area (Å²) in [6.45, 7) is 10.4. The zero-order valence-corrected chi connectivity index (χ0v) is 20.5. The summed E-state index contributed by atoms with van der Waals surface area (Å²) in [5, 5.41) is 0. The molecular formula is C28H34N4O2. The summed E-state index contributed by atoms with van der Waals surface area (Å²) in [4.78, 5) is 14.5. The van der Waals surface area contributed by atoms with Gasteiger partial charge in [0.1, 0.15) is 13.2 Å². The van der Waals surface area contributed by atoms with Gasteiger partial charge in [-0.25, -0.2) is 9.97 Å². The lowest BCUT2D eigenvalue weighted by atomic mass is 9.82. The first-order valence-electron chi connectivity index (χ1n) is 12.9. The van der Waals surface area contributed by atoms with Gasteiger partial charge in [0.25, 0.3) is 0 Å². The van der Waals surface area contributed by atoms with Crippen LogP contribution >= 0.6 is 0 Å². The molecule has 1 spiro atoms. The molecule has 0 bridgehead atoms. The quantitative estimate of drug-likeness (QED) is 0.624. The number of hydrogen-bond acceptors (Lipinski definition) is 6. The highest BCUT2D eigenvalue weighted by molar-refractivity contribution is 5.64. The summed E-state index contributed by atoms with van der Waals surface area (Å²) >= 11 is 0. The van der Waals surface area contributed by atoms with Gasteiger partial charge < -0.3 is 19.3 Å². The topological polar surface area (TPSA) is 50.7 Å². The van der Waals surface area contributed by atoms with Crippen molar-refractivity contribution in [1.82, 2.24) is 9.97 Å². The molecule has 0 N–H and O–H groups in total. The molecule has 1 saturated carbocycles. The summed E-state index contributed by atoms with van der Waals surface area (Å²) in [6, 6.07) is 5.09. The highest BCUT2D eigenvalue weighted by atomic mass is 16.5. The standard InChI is InChI=1S/C28H34N4O2/c1-4-19-5-9-29-25-23(19)33-15-20-11-18(14-31(20)25)12-27(2,3)22-6-10-30-26-24(22)34-16-21-13-28(7-8-28)17-32(21)26/h5-6,9-10,12,20-21H,4,7-8,11,13-17H2,1-3H3/b18-12-/t20-,21+/m0/s1. The fraction of sp³-hybridized carbons (Fsp3) is 0.571. The van der Waals surface area contributed by atoms with Crippen LogP contribution in [0.25, 0.3) is 0 Å². The van der Waals surface area contributed by atoms with Crippen molar-refractivity contribution in [3.63, 3.8) is 0 Å². The van der Waals surface area contributed by atoms with Gasteiger partial charge in [-0.3, -0.25) is 0 Å². The molecule has 6 nitrogen and oxygen atoms in total. The number of hydrogen-bond donors (Lipinski definition) is 0. The van der Waals surface area contributed by atoms with E-state index in [0.29, 0.717) is 17.5 Å². The second-order valence-corrected chi connectivity index (χ2v) is 11.6. The van der Waals surface area contributed by atoms with Gasteiger partial charge in [0.2, 0.25) is 0 Å². The Morgan fingerprint density at radius 2 is 1.76 bits per heavy atom. The number of pyridine rings is 2. The third kappa shape index (κ3) is 3.06. The van der Waals surface area contributed by atoms with Crippen LogP contribution in [0.3, 0.4) is 0 Å². The van der Waals surface area contributed by atoms with Crippen molar-refractivity contribution >= 4 is 11.6 Å². The Bertz CT molecular complexity index is 1180. The van der Waals surface area contributed by atoms with Crippen LogP contribution in [0.1, 0.15) is 57.6 Å². The Balaban J connectivity index is 1.19. The SMILES string of the molecule is CCc1ccnc2c1OC[C@@H]1C/C(=C/C(C)(C)c3ccnc4c3OC[C@H]3CC5(CC5)CN43)CN21. The molecule has 2 saturated heterocycles. The molecule has 2 atom stereocenters. The Labute approximate surface area is 202 Å². The minimum absolute atomic E-state index is 0.150. The average molecular weight is 459 g/mol. The predicted octanol–water partition coefficient (Wildman–Crippen LogP) is 4.67. The van der Waals surface area contributed by atoms with E-state index >= 15 is 0 Å². The van der Waals surface area contributed by atoms with Crippen molar-refractivity contribution in [3.8, 4) is 11.5 Å². The van der Waals surface area contributed by atoms with Gasteiger partial charge in [0.05, 0.1) is 12.1 Å². The molecule has 0 unspecified atom stereocenters. The van der Waals surface area contributed by atoms with E-state index in [4.69, 9.17) is 19.4 Å². The highest BCUT2D eigenvalue weighted by Crippen LogP contribution is 2.57. The summed E-state index contributed by atoms with van der Waals surface area (Å²) in [6.07, 6.45) is 12.4. The summed E-state index contributed by atoms with van der Waals surface area (Å²) in [5.41, 5.74) is 4.34. The van der Waals surface area contributed by atoms with Crippen LogP contribution in [0.15, 0.2) is 36.2 Å². The van der Waals surface area contributed by atoms with Crippen LogP contribution in [-0.4, -0.2) is 48.4 Å². The van der Waals surface area contributed by atoms with Crippen molar-refractivity contribution in [2.45, 2.75) is 70.4 Å². The van der Waals surface area contributed by atoms with Crippen molar-refractivity contribution in [2.75, 3.05) is 36.1 Å². The van der Waals surface area contributed by atoms with Crippen LogP contribution in [0.2, 0.25) is 0 Å². The Kier molecular flexibility index (Phi) is 4.32. The van der Waals surface area contributed by atoms with Crippen LogP contribution in [-0.2, 0) is 11.8 Å². The van der Waals surface area contributed by atoms with Gasteiger partial charge >= 0.3 is 0 Å². The van der Waals surface area contributed by atoms with E-state index in [2.05, 4.69) is 48.8 Å². The average Bonchev–Trinajstić information content (AvgIpc) is 3.29. The minimum atomic E-state index is -0.150. The molecule has 2 aromatic heterocycles. The molecule has 5 aliphatic rings. The number of aryl methyl sites for hydroxylation is 1. The number of fused-ring (bicyclic) bond motifs is 6. The van der Waals surface area contributed by atoms with Crippen molar-refractivity contribution < 1.29 is 9.47 Å². The van der Waals surface area contributed by atoms with Crippen LogP contribution < -0.4 is 19.3 Å². The predicted molar refractivity (Wildman–Crippen MR) is 133 cm³/mol. The van der Waals surface area contributed by atoms with E-state index in [1.165, 1.54) is 36.0 Å². The zero-order chi connectivity index (χ0) is 23.1. The molecule has 3 fully saturated rings. The van der Waals surface area contributed by atoms with E-state index in [1.54, 1.807) is 0 Å². The van der Waals surface area contributed by atoms with E-state index in [1.807, 2.05) is 12.4 Å². The largest absolute Gasteiger partial charge is 0.487 e. The molecule has 7 rings (SSSR count). The number of aromatic nitrogens is 2. The molecule has 4 aliphatic heterocycles. The van der Waals surface area contributed by atoms with Crippen LogP contribution in [0.5, 0.6) is 11.5 Å². The molecule has 1 aliphatic carbocycles. The molecule has 34 heavy (non-hydrogen) atoms. The third-order valence-corrected chi connectivity index (χ3v) is 8.76. The van der Waals surface area contributed by atoms with Crippen molar-refractivity contribution in [2.24, 2.45) is 5.41 Å². The molecule has 2 aromatic rings. The molecule has 178 valence electrons. The Hall–Kier alpha value is -2.76. The lowest BCUT2D eigenvalue weighted by molar-refractivity contribution is 0.261. The minimum Gasteiger partial charge on any atom is -0.487 e. The monoisotopic (exact) mass is 458 g/mol. The molecule has 0 amide bonds. The summed E-state index contributed by atoms with van der Waals surface area (Å²) in [5.74, 6) is 4.05. The molecule has 0 aromatic carbocycles. The molecular weight excluding hydrogens is 424 g/mol. The van der Waals surface area contributed by atoms with Gasteiger partial charge in [-0.1, -0.05) is 32.4 Å². The highest BCUT2D eigenvalue weighted by Gasteiger charge is 2.54. The van der Waals surface area contributed by atoms with Gasteiger partial charge in [-0.15, -0.1) is 0 Å². The molecule has 6 heterocycles. The number of rotatable bonds is 3.